The van der Waals surface area contributed by atoms with Crippen molar-refractivity contribution in [3.8, 4) is 28.7 Å². The summed E-state index contributed by atoms with van der Waals surface area (Å²) in [6.45, 7) is 0. The molecule has 0 unspecified atom stereocenters. The van der Waals surface area contributed by atoms with Crippen molar-refractivity contribution in [1.82, 2.24) is 0 Å². The molecule has 31 heavy (non-hydrogen) atoms. The van der Waals surface area contributed by atoms with Gasteiger partial charge in [-0.15, -0.1) is 0 Å². The predicted octanol–water partition coefficient (Wildman–Crippen LogP) is 5.36. The minimum atomic E-state index is -0.546. The zero-order valence-electron chi connectivity index (χ0n) is 16.4. The Hall–Kier alpha value is -4.37. The summed E-state index contributed by atoms with van der Waals surface area (Å²) in [6, 6.07) is 17.3. The highest BCUT2D eigenvalue weighted by atomic mass is 19.1. The lowest BCUT2D eigenvalue weighted by Gasteiger charge is -2.09. The Morgan fingerprint density at radius 3 is 2.58 bits per heavy atom. The first-order chi connectivity index (χ1) is 15.0. The number of halogens is 1. The first-order valence-electron chi connectivity index (χ1n) is 9.33. The average molecular weight is 413 g/mol. The number of phenolic OH excluding ortho intramolecular Hbond substituents is 1. The van der Waals surface area contributed by atoms with Gasteiger partial charge in [0.1, 0.15) is 17.2 Å². The highest BCUT2D eigenvalue weighted by Crippen LogP contribution is 2.32. The number of nitrogens with zero attached hydrogens (tertiary/aromatic N) is 1. The van der Waals surface area contributed by atoms with E-state index in [0.717, 1.165) is 6.07 Å². The molecule has 0 aliphatic carbocycles. The van der Waals surface area contributed by atoms with E-state index in [1.54, 1.807) is 54.6 Å². The number of nitriles is 1. The van der Waals surface area contributed by atoms with Crippen molar-refractivity contribution in [3.63, 3.8) is 0 Å². The zero-order valence-corrected chi connectivity index (χ0v) is 16.4. The van der Waals surface area contributed by atoms with Gasteiger partial charge in [-0.3, -0.25) is 4.79 Å². The van der Waals surface area contributed by atoms with E-state index in [-0.39, 0.29) is 28.0 Å². The van der Waals surface area contributed by atoms with E-state index in [1.807, 2.05) is 6.07 Å². The summed E-state index contributed by atoms with van der Waals surface area (Å²) < 4.78 is 24.8. The lowest BCUT2D eigenvalue weighted by Crippen LogP contribution is -2.08. The number of benzene rings is 3. The van der Waals surface area contributed by atoms with Gasteiger partial charge < -0.3 is 14.3 Å². The van der Waals surface area contributed by atoms with Crippen LogP contribution in [0.15, 0.2) is 69.9 Å². The molecule has 0 fully saturated rings. The van der Waals surface area contributed by atoms with Crippen LogP contribution in [-0.4, -0.2) is 12.2 Å². The maximum absolute atomic E-state index is 13.8. The van der Waals surface area contributed by atoms with Crippen LogP contribution >= 0.6 is 0 Å². The first-order valence-corrected chi connectivity index (χ1v) is 9.33. The number of fused-ring (bicyclic) bond motifs is 1. The number of rotatable bonds is 4. The summed E-state index contributed by atoms with van der Waals surface area (Å²) in [5.74, 6) is -0.0532. The smallest absolute Gasteiger partial charge is 0.201 e. The molecule has 0 radical (unpaired) electrons. The second-order valence-corrected chi connectivity index (χ2v) is 6.73. The third kappa shape index (κ3) is 3.77. The number of para-hydroxylation sites is 1. The minimum absolute atomic E-state index is 0.0496. The monoisotopic (exact) mass is 413 g/mol. The molecule has 6 heteroatoms. The summed E-state index contributed by atoms with van der Waals surface area (Å²) in [6.07, 6.45) is 3.16. The minimum Gasteiger partial charge on any atom is -0.504 e. The summed E-state index contributed by atoms with van der Waals surface area (Å²) in [5, 5.41) is 19.5. The standard InChI is InChI=1S/C25H16FNO4/c1-30-22-4-2-3-17(24(22)28)9-11-21-23(16-7-5-15(14-27)6-8-16)25(29)19-13-18(26)10-12-20(19)31-21/h2-13,28H,1H3. The van der Waals surface area contributed by atoms with E-state index in [2.05, 4.69) is 0 Å². The van der Waals surface area contributed by atoms with Gasteiger partial charge in [-0.25, -0.2) is 4.39 Å². The second-order valence-electron chi connectivity index (χ2n) is 6.73. The van der Waals surface area contributed by atoms with Gasteiger partial charge in [-0.1, -0.05) is 24.3 Å². The number of aromatic hydroxyl groups is 1. The Kier molecular flexibility index (Phi) is 5.25. The molecule has 4 aromatic rings. The van der Waals surface area contributed by atoms with E-state index < -0.39 is 11.2 Å². The molecule has 5 nitrogen and oxygen atoms in total. The van der Waals surface area contributed by atoms with Crippen molar-refractivity contribution in [2.24, 2.45) is 0 Å². The molecule has 3 aromatic carbocycles. The fourth-order valence-electron chi connectivity index (χ4n) is 3.29. The highest BCUT2D eigenvalue weighted by Gasteiger charge is 2.16. The van der Waals surface area contributed by atoms with Crippen LogP contribution in [-0.2, 0) is 0 Å². The number of methoxy groups -OCH3 is 1. The van der Waals surface area contributed by atoms with E-state index in [4.69, 9.17) is 14.4 Å². The molecule has 0 saturated heterocycles. The van der Waals surface area contributed by atoms with Crippen molar-refractivity contribution in [2.75, 3.05) is 7.11 Å². The van der Waals surface area contributed by atoms with Crippen LogP contribution in [0.2, 0.25) is 0 Å². The van der Waals surface area contributed by atoms with E-state index in [0.29, 0.717) is 22.4 Å². The summed E-state index contributed by atoms with van der Waals surface area (Å²) in [4.78, 5) is 13.2. The Balaban J connectivity index is 1.94. The van der Waals surface area contributed by atoms with E-state index >= 15 is 0 Å². The van der Waals surface area contributed by atoms with E-state index in [1.165, 1.54) is 19.2 Å². The molecule has 1 N–H and O–H groups in total. The average Bonchev–Trinajstić information content (AvgIpc) is 2.79. The fraction of sp³-hybridized carbons (Fsp3) is 0.0400. The highest BCUT2D eigenvalue weighted by molar-refractivity contribution is 5.87. The van der Waals surface area contributed by atoms with Crippen molar-refractivity contribution in [1.29, 1.82) is 5.26 Å². The van der Waals surface area contributed by atoms with Gasteiger partial charge in [0.2, 0.25) is 5.43 Å². The molecular weight excluding hydrogens is 397 g/mol. The molecule has 0 atom stereocenters. The number of ether oxygens (including phenoxy) is 1. The summed E-state index contributed by atoms with van der Waals surface area (Å²) >= 11 is 0. The van der Waals surface area contributed by atoms with Crippen LogP contribution in [0.3, 0.4) is 0 Å². The van der Waals surface area contributed by atoms with Gasteiger partial charge in [0.15, 0.2) is 11.5 Å². The molecule has 0 saturated carbocycles. The van der Waals surface area contributed by atoms with Gasteiger partial charge in [-0.05, 0) is 54.1 Å². The number of hydrogen-bond donors (Lipinski definition) is 1. The van der Waals surface area contributed by atoms with E-state index in [9.17, 15) is 14.3 Å². The van der Waals surface area contributed by atoms with Crippen LogP contribution in [0.4, 0.5) is 4.39 Å². The molecule has 0 aliphatic rings. The third-order valence-corrected chi connectivity index (χ3v) is 4.85. The molecule has 4 rings (SSSR count). The maximum Gasteiger partial charge on any atom is 0.201 e. The largest absolute Gasteiger partial charge is 0.504 e. The van der Waals surface area contributed by atoms with Crippen molar-refractivity contribution in [2.45, 2.75) is 0 Å². The Labute approximate surface area is 176 Å². The Morgan fingerprint density at radius 2 is 1.87 bits per heavy atom. The lowest BCUT2D eigenvalue weighted by molar-refractivity contribution is 0.373. The molecule has 0 amide bonds. The molecule has 0 aliphatic heterocycles. The first kappa shape index (κ1) is 19.9. The molecule has 1 heterocycles. The van der Waals surface area contributed by atoms with Crippen LogP contribution < -0.4 is 10.2 Å². The second kappa shape index (κ2) is 8.17. The van der Waals surface area contributed by atoms with Crippen LogP contribution in [0, 0.1) is 17.1 Å². The summed E-state index contributed by atoms with van der Waals surface area (Å²) in [7, 11) is 1.45. The zero-order chi connectivity index (χ0) is 22.0. The lowest BCUT2D eigenvalue weighted by atomic mass is 10.00. The van der Waals surface area contributed by atoms with Crippen molar-refractivity contribution < 1.29 is 18.7 Å². The van der Waals surface area contributed by atoms with Gasteiger partial charge in [0, 0.05) is 5.56 Å². The van der Waals surface area contributed by atoms with Gasteiger partial charge in [-0.2, -0.15) is 5.26 Å². The van der Waals surface area contributed by atoms with Crippen LogP contribution in [0.25, 0.3) is 34.2 Å². The van der Waals surface area contributed by atoms with Crippen LogP contribution in [0.1, 0.15) is 16.9 Å². The molecular formula is C25H16FNO4. The Bertz CT molecular complexity index is 1410. The van der Waals surface area contributed by atoms with Crippen molar-refractivity contribution >= 4 is 23.1 Å². The molecule has 152 valence electrons. The topological polar surface area (TPSA) is 83.5 Å². The van der Waals surface area contributed by atoms with Gasteiger partial charge >= 0.3 is 0 Å². The fourth-order valence-corrected chi connectivity index (χ4v) is 3.29. The SMILES string of the molecule is COc1cccc(C=Cc2oc3ccc(F)cc3c(=O)c2-c2ccc(C#N)cc2)c1O. The quantitative estimate of drug-likeness (QED) is 0.487. The summed E-state index contributed by atoms with van der Waals surface area (Å²) in [5.41, 5.74) is 1.48. The van der Waals surface area contributed by atoms with Crippen LogP contribution in [0.5, 0.6) is 11.5 Å². The Morgan fingerprint density at radius 1 is 1.10 bits per heavy atom. The van der Waals surface area contributed by atoms with Gasteiger partial charge in [0.25, 0.3) is 0 Å². The molecule has 0 bridgehead atoms. The number of hydrogen-bond acceptors (Lipinski definition) is 5. The maximum atomic E-state index is 13.8. The normalized spacial score (nSPS) is 11.0. The van der Waals surface area contributed by atoms with Gasteiger partial charge in [0.05, 0.1) is 29.7 Å². The molecule has 0 spiro atoms. The molecule has 1 aromatic heterocycles. The third-order valence-electron chi connectivity index (χ3n) is 4.85. The van der Waals surface area contributed by atoms with Crippen molar-refractivity contribution in [3.05, 3.63) is 93.6 Å². The number of phenols is 1. The predicted molar refractivity (Wildman–Crippen MR) is 116 cm³/mol.